The van der Waals surface area contributed by atoms with Crippen molar-refractivity contribution in [2.75, 3.05) is 33.0 Å². The van der Waals surface area contributed by atoms with Gasteiger partial charge in [-0.1, -0.05) is 38.9 Å². The summed E-state index contributed by atoms with van der Waals surface area (Å²) in [6.07, 6.45) is -3.66. The fourth-order valence-corrected chi connectivity index (χ4v) is 8.53. The molecule has 0 radical (unpaired) electrons. The van der Waals surface area contributed by atoms with Gasteiger partial charge in [-0.05, 0) is 79.3 Å². The summed E-state index contributed by atoms with van der Waals surface area (Å²) in [6.45, 7) is 12.8. The van der Waals surface area contributed by atoms with Crippen molar-refractivity contribution in [2.24, 2.45) is 28.8 Å². The zero-order valence-electron chi connectivity index (χ0n) is 35.4. The Balaban J connectivity index is 1.57. The van der Waals surface area contributed by atoms with Crippen LogP contribution in [0.3, 0.4) is 0 Å². The maximum absolute atomic E-state index is 14.4. The van der Waals surface area contributed by atoms with E-state index >= 15 is 0 Å². The Morgan fingerprint density at radius 3 is 2.45 bits per heavy atom. The molecule has 3 aliphatic rings. The number of anilines is 1. The van der Waals surface area contributed by atoms with Crippen molar-refractivity contribution in [3.8, 4) is 5.82 Å². The molecule has 3 saturated heterocycles. The van der Waals surface area contributed by atoms with Crippen molar-refractivity contribution < 1.29 is 53.1 Å². The van der Waals surface area contributed by atoms with Crippen LogP contribution >= 0.6 is 0 Å². The van der Waals surface area contributed by atoms with E-state index in [4.69, 9.17) is 34.3 Å². The summed E-state index contributed by atoms with van der Waals surface area (Å²) in [5.41, 5.74) is 3.31. The Hall–Kier alpha value is -3.84. The third-order valence-corrected chi connectivity index (χ3v) is 11.8. The van der Waals surface area contributed by atoms with Gasteiger partial charge in [-0.2, -0.15) is 5.10 Å². The van der Waals surface area contributed by atoms with Crippen molar-refractivity contribution in [1.29, 1.82) is 0 Å². The number of hydrogen-bond donors (Lipinski definition) is 3. The molecule has 2 bridgehead atoms. The molecule has 5 heterocycles. The molecule has 322 valence electrons. The quantitative estimate of drug-likeness (QED) is 0.198. The summed E-state index contributed by atoms with van der Waals surface area (Å²) in [4.78, 5) is 54.5. The minimum Gasteiger partial charge on any atom is -0.459 e. The molecular formula is C41H62N6O11. The van der Waals surface area contributed by atoms with Crippen LogP contribution in [0.25, 0.3) is 5.82 Å². The number of Topliss-reactive ketones (excluding diaryl/α,β-unsaturated/α-hetero) is 2. The number of nitrogen functional groups attached to an aromatic ring is 1. The molecule has 17 heteroatoms. The largest absolute Gasteiger partial charge is 0.459 e. The SMILES string of the molecule is CC[C@H]1OC(=O)[C@H](C)C(=O)[C@H](C)[C@@H](O[C@@H]2O[C@H](C)C[C@H](N(C)C)[C@H]2O)[C@@]2(C)C[C@@H](C)C(=O)[C@H](C)[C@H](OC/C(=N\OCc3ccn(-c4cccc(N)n4)n3)CO2)[C@]1(C)O. The van der Waals surface area contributed by atoms with E-state index in [1.165, 1.54) is 13.8 Å². The molecule has 0 spiro atoms. The number of nitrogens with zero attached hydrogens (tertiary/aromatic N) is 5. The highest BCUT2D eigenvalue weighted by atomic mass is 16.7. The van der Waals surface area contributed by atoms with Gasteiger partial charge in [0.1, 0.15) is 46.7 Å². The molecule has 4 N–H and O–H groups in total. The first-order valence-corrected chi connectivity index (χ1v) is 20.1. The number of ketones is 2. The normalized spacial score (nSPS) is 37.8. The minimum absolute atomic E-state index is 0.0441. The van der Waals surface area contributed by atoms with Gasteiger partial charge in [-0.3, -0.25) is 14.4 Å². The summed E-state index contributed by atoms with van der Waals surface area (Å²) in [6, 6.07) is 6.63. The predicted octanol–water partition coefficient (Wildman–Crippen LogP) is 2.87. The van der Waals surface area contributed by atoms with Crippen LogP contribution < -0.4 is 5.73 Å². The molecule has 3 aliphatic heterocycles. The molecule has 0 amide bonds. The second-order valence-electron chi connectivity index (χ2n) is 16.8. The molecule has 0 aromatic carbocycles. The van der Waals surface area contributed by atoms with Crippen LogP contribution in [0.4, 0.5) is 5.82 Å². The smallest absolute Gasteiger partial charge is 0.316 e. The maximum Gasteiger partial charge on any atom is 0.316 e. The number of carbonyl (C=O) groups excluding carboxylic acids is 3. The first-order valence-electron chi connectivity index (χ1n) is 20.1. The number of aromatic nitrogens is 3. The first kappa shape index (κ1) is 45.2. The first-order chi connectivity index (χ1) is 27.3. The van der Waals surface area contributed by atoms with E-state index in [1.807, 2.05) is 25.9 Å². The van der Waals surface area contributed by atoms with E-state index in [2.05, 4.69) is 15.2 Å². The highest BCUT2D eigenvalue weighted by Gasteiger charge is 2.53. The number of aliphatic hydroxyl groups excluding tert-OH is 1. The molecule has 13 atom stereocenters. The Labute approximate surface area is 340 Å². The van der Waals surface area contributed by atoms with E-state index in [9.17, 15) is 24.6 Å². The Morgan fingerprint density at radius 1 is 1.05 bits per heavy atom. The number of likely N-dealkylation sites (N-methyl/N-ethyl adjacent to an activating group) is 1. The Bertz CT molecular complexity index is 1790. The topological polar surface area (TPSA) is 219 Å². The van der Waals surface area contributed by atoms with Crippen molar-refractivity contribution in [3.63, 3.8) is 0 Å². The lowest BCUT2D eigenvalue weighted by molar-refractivity contribution is -0.296. The molecule has 58 heavy (non-hydrogen) atoms. The van der Waals surface area contributed by atoms with Crippen molar-refractivity contribution in [1.82, 2.24) is 19.7 Å². The van der Waals surface area contributed by atoms with Gasteiger partial charge in [-0.25, -0.2) is 9.67 Å². The third kappa shape index (κ3) is 9.95. The lowest BCUT2D eigenvalue weighted by atomic mass is 9.74. The van der Waals surface area contributed by atoms with Gasteiger partial charge < -0.3 is 49.4 Å². The van der Waals surface area contributed by atoms with Gasteiger partial charge in [0.15, 0.2) is 24.5 Å². The number of pyridine rings is 1. The molecule has 5 rings (SSSR count). The van der Waals surface area contributed by atoms with E-state index in [1.54, 1.807) is 69.8 Å². The fourth-order valence-electron chi connectivity index (χ4n) is 8.53. The van der Waals surface area contributed by atoms with Crippen LogP contribution in [-0.4, -0.2) is 134 Å². The highest BCUT2D eigenvalue weighted by Crippen LogP contribution is 2.39. The van der Waals surface area contributed by atoms with Crippen LogP contribution in [0.15, 0.2) is 35.6 Å². The monoisotopic (exact) mass is 814 g/mol. The van der Waals surface area contributed by atoms with Crippen LogP contribution in [-0.2, 0) is 49.5 Å². The van der Waals surface area contributed by atoms with Gasteiger partial charge in [0, 0.05) is 30.0 Å². The van der Waals surface area contributed by atoms with Crippen LogP contribution in [0.1, 0.15) is 80.3 Å². The molecular weight excluding hydrogens is 752 g/mol. The van der Waals surface area contributed by atoms with Gasteiger partial charge >= 0.3 is 5.97 Å². The van der Waals surface area contributed by atoms with Gasteiger partial charge in [0.2, 0.25) is 0 Å². The van der Waals surface area contributed by atoms with Crippen molar-refractivity contribution in [3.05, 3.63) is 36.2 Å². The number of carbonyl (C=O) groups is 3. The fraction of sp³-hybridized carbons (Fsp3) is 0.707. The standard InChI is InChI=1S/C41H62N6O11/c1-11-30-41(8,52)37-24(4)33(48)22(2)18-40(7,54-20-28(19-53-37)45-55-21-27-15-16-47(44-27)32-14-12-13-31(42)43-32)36(25(5)34(49)26(6)38(51)57-30)58-39-35(50)29(46(9)10)17-23(3)56-39/h12-16,22-26,29-30,35-37,39,50,52H,11,17-21H2,1-10H3,(H2,42,43)/b45-28+/t22-,23-,24+,25+,26-,29+,30-,35-,36-,37+,39+,40-,41-/m1/s1. The number of rotatable bonds is 8. The second-order valence-corrected chi connectivity index (χ2v) is 16.8. The van der Waals surface area contributed by atoms with Gasteiger partial charge in [0.05, 0.1) is 37.1 Å². The van der Waals surface area contributed by atoms with E-state index in [0.29, 0.717) is 23.8 Å². The lowest BCUT2D eigenvalue weighted by Crippen LogP contribution is -2.60. The zero-order valence-corrected chi connectivity index (χ0v) is 35.4. The van der Waals surface area contributed by atoms with E-state index in [-0.39, 0.29) is 56.3 Å². The second kappa shape index (κ2) is 18.6. The van der Waals surface area contributed by atoms with Crippen molar-refractivity contribution >= 4 is 29.1 Å². The van der Waals surface area contributed by atoms with Gasteiger partial charge in [0.25, 0.3) is 0 Å². The molecule has 2 aromatic rings. The highest BCUT2D eigenvalue weighted by molar-refractivity contribution is 6.00. The summed E-state index contributed by atoms with van der Waals surface area (Å²) < 4.78 is 33.5. The number of esters is 1. The lowest BCUT2D eigenvalue weighted by Gasteiger charge is -2.47. The summed E-state index contributed by atoms with van der Waals surface area (Å²) >= 11 is 0. The summed E-state index contributed by atoms with van der Waals surface area (Å²) in [5.74, 6) is -4.66. The number of aliphatic hydroxyl groups is 2. The van der Waals surface area contributed by atoms with E-state index in [0.717, 1.165) is 0 Å². The van der Waals surface area contributed by atoms with Gasteiger partial charge in [-0.15, -0.1) is 0 Å². The third-order valence-electron chi connectivity index (χ3n) is 11.8. The number of hydrogen-bond acceptors (Lipinski definition) is 16. The van der Waals surface area contributed by atoms with Crippen LogP contribution in [0, 0.1) is 23.7 Å². The average molecular weight is 815 g/mol. The van der Waals surface area contributed by atoms with Crippen LogP contribution in [0.5, 0.6) is 0 Å². The van der Waals surface area contributed by atoms with E-state index < -0.39 is 77.3 Å². The Morgan fingerprint density at radius 2 is 1.78 bits per heavy atom. The zero-order chi connectivity index (χ0) is 42.7. The number of oxime groups is 1. The summed E-state index contributed by atoms with van der Waals surface area (Å²) in [7, 11) is 3.71. The predicted molar refractivity (Wildman–Crippen MR) is 211 cm³/mol. The maximum atomic E-state index is 14.4. The molecule has 0 aliphatic carbocycles. The summed E-state index contributed by atoms with van der Waals surface area (Å²) in [5, 5.41) is 32.7. The molecule has 0 saturated carbocycles. The van der Waals surface area contributed by atoms with Crippen molar-refractivity contribution in [2.45, 2.75) is 135 Å². The number of fused-ring (bicyclic) bond motifs is 5. The number of cyclic esters (lactones) is 1. The molecule has 2 aromatic heterocycles. The van der Waals surface area contributed by atoms with Crippen LogP contribution in [0.2, 0.25) is 0 Å². The average Bonchev–Trinajstić information content (AvgIpc) is 3.65. The number of ether oxygens (including phenoxy) is 5. The molecule has 17 nitrogen and oxygen atoms in total. The molecule has 3 fully saturated rings. The number of nitrogens with two attached hydrogens (primary N) is 1. The Kier molecular flexibility index (Phi) is 14.5. The molecule has 0 unspecified atom stereocenters. The minimum atomic E-state index is -1.89.